The van der Waals surface area contributed by atoms with Gasteiger partial charge < -0.3 is 9.84 Å². The van der Waals surface area contributed by atoms with E-state index in [-0.39, 0.29) is 0 Å². The summed E-state index contributed by atoms with van der Waals surface area (Å²) in [7, 11) is 0. The van der Waals surface area contributed by atoms with Crippen molar-refractivity contribution < 1.29 is 14.2 Å². The van der Waals surface area contributed by atoms with Crippen molar-refractivity contribution in [2.45, 2.75) is 19.6 Å². The fourth-order valence-electron chi connectivity index (χ4n) is 2.10. The SMILES string of the molecule is CC(O)c1cc(F)ccc1OCc1nc2ccccc2s1. The number of ether oxygens (including phenoxy) is 1. The van der Waals surface area contributed by atoms with Gasteiger partial charge in [0.1, 0.15) is 23.2 Å². The van der Waals surface area contributed by atoms with Crippen LogP contribution < -0.4 is 4.74 Å². The lowest BCUT2D eigenvalue weighted by Gasteiger charge is -2.12. The number of hydrogen-bond acceptors (Lipinski definition) is 4. The Morgan fingerprint density at radius 3 is 2.86 bits per heavy atom. The zero-order valence-electron chi connectivity index (χ0n) is 11.4. The van der Waals surface area contributed by atoms with Gasteiger partial charge in [0.25, 0.3) is 0 Å². The summed E-state index contributed by atoms with van der Waals surface area (Å²) >= 11 is 1.56. The topological polar surface area (TPSA) is 42.4 Å². The van der Waals surface area contributed by atoms with Crippen molar-refractivity contribution in [1.82, 2.24) is 4.98 Å². The zero-order chi connectivity index (χ0) is 14.8. The van der Waals surface area contributed by atoms with Gasteiger partial charge in [-0.1, -0.05) is 12.1 Å². The number of fused-ring (bicyclic) bond motifs is 1. The second-order valence-electron chi connectivity index (χ2n) is 4.72. The van der Waals surface area contributed by atoms with Crippen molar-refractivity contribution in [2.24, 2.45) is 0 Å². The molecule has 0 saturated carbocycles. The summed E-state index contributed by atoms with van der Waals surface area (Å²) in [5.41, 5.74) is 1.38. The third-order valence-corrected chi connectivity index (χ3v) is 4.12. The monoisotopic (exact) mass is 303 g/mol. The van der Waals surface area contributed by atoms with Crippen molar-refractivity contribution in [1.29, 1.82) is 0 Å². The number of nitrogens with zero attached hydrogens (tertiary/aromatic N) is 1. The number of aromatic nitrogens is 1. The molecule has 1 atom stereocenters. The van der Waals surface area contributed by atoms with Crippen molar-refractivity contribution in [2.75, 3.05) is 0 Å². The van der Waals surface area contributed by atoms with Crippen LogP contribution in [0, 0.1) is 5.82 Å². The molecule has 2 aromatic carbocycles. The lowest BCUT2D eigenvalue weighted by atomic mass is 10.1. The van der Waals surface area contributed by atoms with Crippen LogP contribution in [-0.2, 0) is 6.61 Å². The molecule has 0 spiro atoms. The van der Waals surface area contributed by atoms with E-state index in [1.165, 1.54) is 18.2 Å². The summed E-state index contributed by atoms with van der Waals surface area (Å²) < 4.78 is 20.0. The zero-order valence-corrected chi connectivity index (χ0v) is 12.2. The Morgan fingerprint density at radius 1 is 1.29 bits per heavy atom. The molecule has 0 aliphatic carbocycles. The molecule has 3 aromatic rings. The minimum atomic E-state index is -0.786. The van der Waals surface area contributed by atoms with E-state index in [1.807, 2.05) is 24.3 Å². The van der Waals surface area contributed by atoms with Gasteiger partial charge in [0.15, 0.2) is 0 Å². The largest absolute Gasteiger partial charge is 0.486 e. The van der Waals surface area contributed by atoms with Crippen LogP contribution in [0.25, 0.3) is 10.2 Å². The second-order valence-corrected chi connectivity index (χ2v) is 5.84. The highest BCUT2D eigenvalue weighted by atomic mass is 32.1. The summed E-state index contributed by atoms with van der Waals surface area (Å²) in [6, 6.07) is 12.0. The normalized spacial score (nSPS) is 12.5. The standard InChI is InChI=1S/C16H14FNO2S/c1-10(19)12-8-11(17)6-7-14(12)20-9-16-18-13-4-2-3-5-15(13)21-16/h2-8,10,19H,9H2,1H3. The number of aliphatic hydroxyl groups is 1. The molecule has 21 heavy (non-hydrogen) atoms. The number of aliphatic hydroxyl groups excluding tert-OH is 1. The molecule has 0 amide bonds. The molecular formula is C16H14FNO2S. The Labute approximate surface area is 125 Å². The lowest BCUT2D eigenvalue weighted by molar-refractivity contribution is 0.189. The Morgan fingerprint density at radius 2 is 2.10 bits per heavy atom. The van der Waals surface area contributed by atoms with Gasteiger partial charge in [-0.05, 0) is 37.3 Å². The average molecular weight is 303 g/mol. The number of para-hydroxylation sites is 1. The van der Waals surface area contributed by atoms with Crippen molar-refractivity contribution in [3.05, 3.63) is 58.9 Å². The Bertz CT molecular complexity index is 737. The maximum absolute atomic E-state index is 13.2. The Balaban J connectivity index is 1.81. The van der Waals surface area contributed by atoms with E-state index >= 15 is 0 Å². The number of hydrogen-bond donors (Lipinski definition) is 1. The van der Waals surface area contributed by atoms with Gasteiger partial charge in [-0.3, -0.25) is 0 Å². The first-order chi connectivity index (χ1) is 10.1. The van der Waals surface area contributed by atoms with Crippen molar-refractivity contribution >= 4 is 21.6 Å². The van der Waals surface area contributed by atoms with E-state index in [1.54, 1.807) is 18.3 Å². The molecule has 0 saturated heterocycles. The van der Waals surface area contributed by atoms with Gasteiger partial charge in [-0.2, -0.15) is 0 Å². The highest BCUT2D eigenvalue weighted by molar-refractivity contribution is 7.18. The van der Waals surface area contributed by atoms with Crippen molar-refractivity contribution in [3.63, 3.8) is 0 Å². The highest BCUT2D eigenvalue weighted by Gasteiger charge is 2.12. The number of rotatable bonds is 4. The van der Waals surface area contributed by atoms with E-state index in [4.69, 9.17) is 4.74 Å². The fourth-order valence-corrected chi connectivity index (χ4v) is 2.98. The molecule has 1 aromatic heterocycles. The average Bonchev–Trinajstić information content (AvgIpc) is 2.88. The minimum absolute atomic E-state index is 0.296. The van der Waals surface area contributed by atoms with Gasteiger partial charge in [0.2, 0.25) is 0 Å². The molecule has 0 aliphatic rings. The second kappa shape index (κ2) is 5.79. The van der Waals surface area contributed by atoms with Gasteiger partial charge in [0.05, 0.1) is 16.3 Å². The van der Waals surface area contributed by atoms with E-state index in [0.717, 1.165) is 15.2 Å². The molecule has 3 rings (SSSR count). The van der Waals surface area contributed by atoms with Crippen LogP contribution in [0.15, 0.2) is 42.5 Å². The van der Waals surface area contributed by atoms with E-state index in [2.05, 4.69) is 4.98 Å². The van der Waals surface area contributed by atoms with Crippen LogP contribution in [0.1, 0.15) is 23.6 Å². The third-order valence-electron chi connectivity index (χ3n) is 3.11. The summed E-state index contributed by atoms with van der Waals surface area (Å²) in [5.74, 6) is 0.0869. The third kappa shape index (κ3) is 3.04. The van der Waals surface area contributed by atoms with Crippen LogP contribution in [-0.4, -0.2) is 10.1 Å². The van der Waals surface area contributed by atoms with Crippen LogP contribution >= 0.6 is 11.3 Å². The molecule has 3 nitrogen and oxygen atoms in total. The van der Waals surface area contributed by atoms with Crippen molar-refractivity contribution in [3.8, 4) is 5.75 Å². The summed E-state index contributed by atoms with van der Waals surface area (Å²) in [6.07, 6.45) is -0.786. The van der Waals surface area contributed by atoms with Crippen LogP contribution in [0.3, 0.4) is 0 Å². The van der Waals surface area contributed by atoms with E-state index in [0.29, 0.717) is 17.9 Å². The first-order valence-electron chi connectivity index (χ1n) is 6.58. The molecule has 0 radical (unpaired) electrons. The summed E-state index contributed by atoms with van der Waals surface area (Å²) in [4.78, 5) is 4.48. The first-order valence-corrected chi connectivity index (χ1v) is 7.40. The molecule has 1 heterocycles. The van der Waals surface area contributed by atoms with Gasteiger partial charge in [0, 0.05) is 5.56 Å². The van der Waals surface area contributed by atoms with E-state index < -0.39 is 11.9 Å². The smallest absolute Gasteiger partial charge is 0.140 e. The highest BCUT2D eigenvalue weighted by Crippen LogP contribution is 2.28. The number of benzene rings is 2. The molecule has 5 heteroatoms. The van der Waals surface area contributed by atoms with Crippen LogP contribution in [0.2, 0.25) is 0 Å². The first kappa shape index (κ1) is 14.0. The molecule has 108 valence electrons. The quantitative estimate of drug-likeness (QED) is 0.790. The fraction of sp³-hybridized carbons (Fsp3) is 0.188. The number of thiazole rings is 1. The Hall–Kier alpha value is -1.98. The van der Waals surface area contributed by atoms with Gasteiger partial charge in [-0.25, -0.2) is 9.37 Å². The maximum atomic E-state index is 13.2. The number of halogens is 1. The van der Waals surface area contributed by atoms with Crippen LogP contribution in [0.5, 0.6) is 5.75 Å². The lowest BCUT2D eigenvalue weighted by Crippen LogP contribution is -2.01. The molecule has 0 fully saturated rings. The molecule has 1 unspecified atom stereocenters. The molecule has 0 bridgehead atoms. The summed E-state index contributed by atoms with van der Waals surface area (Å²) in [6.45, 7) is 1.88. The predicted octanol–water partition coefficient (Wildman–Crippen LogP) is 4.07. The molecule has 1 N–H and O–H groups in total. The molecular weight excluding hydrogens is 289 g/mol. The minimum Gasteiger partial charge on any atom is -0.486 e. The van der Waals surface area contributed by atoms with E-state index in [9.17, 15) is 9.50 Å². The van der Waals surface area contributed by atoms with Gasteiger partial charge in [-0.15, -0.1) is 11.3 Å². The predicted molar refractivity (Wildman–Crippen MR) is 81.0 cm³/mol. The molecule has 0 aliphatic heterocycles. The maximum Gasteiger partial charge on any atom is 0.140 e. The van der Waals surface area contributed by atoms with Crippen LogP contribution in [0.4, 0.5) is 4.39 Å². The van der Waals surface area contributed by atoms with Gasteiger partial charge >= 0.3 is 0 Å². The summed E-state index contributed by atoms with van der Waals surface area (Å²) in [5, 5.41) is 10.5. The Kier molecular flexibility index (Phi) is 3.86.